The van der Waals surface area contributed by atoms with Crippen molar-refractivity contribution in [1.29, 1.82) is 0 Å². The second kappa shape index (κ2) is 7.55. The highest BCUT2D eigenvalue weighted by Crippen LogP contribution is 2.32. The summed E-state index contributed by atoms with van der Waals surface area (Å²) in [5.74, 6) is 2.48. The molecule has 136 valence electrons. The van der Waals surface area contributed by atoms with E-state index in [1.807, 2.05) is 36.4 Å². The molecular formula is C20H17ClN4O2. The van der Waals surface area contributed by atoms with E-state index in [1.54, 1.807) is 31.5 Å². The fourth-order valence-electron chi connectivity index (χ4n) is 2.65. The Balaban J connectivity index is 1.45. The molecule has 0 radical (unpaired) electrons. The first-order chi connectivity index (χ1) is 13.2. The number of pyridine rings is 1. The molecule has 0 aliphatic carbocycles. The predicted molar refractivity (Wildman–Crippen MR) is 106 cm³/mol. The van der Waals surface area contributed by atoms with E-state index in [0.29, 0.717) is 28.9 Å². The molecule has 0 aliphatic rings. The van der Waals surface area contributed by atoms with Crippen molar-refractivity contribution in [2.24, 2.45) is 0 Å². The van der Waals surface area contributed by atoms with Crippen LogP contribution in [0.15, 0.2) is 60.8 Å². The smallest absolute Gasteiger partial charge is 0.221 e. The van der Waals surface area contributed by atoms with E-state index < -0.39 is 0 Å². The first kappa shape index (κ1) is 17.2. The number of hydrogen-bond acceptors (Lipinski definition) is 5. The van der Waals surface area contributed by atoms with Gasteiger partial charge in [0.25, 0.3) is 0 Å². The van der Waals surface area contributed by atoms with Crippen LogP contribution in [-0.2, 0) is 6.54 Å². The zero-order valence-corrected chi connectivity index (χ0v) is 15.3. The molecule has 0 bridgehead atoms. The molecule has 0 amide bonds. The highest BCUT2D eigenvalue weighted by atomic mass is 35.5. The van der Waals surface area contributed by atoms with Crippen LogP contribution in [0.5, 0.6) is 17.4 Å². The molecule has 27 heavy (non-hydrogen) atoms. The lowest BCUT2D eigenvalue weighted by Gasteiger charge is -2.10. The van der Waals surface area contributed by atoms with Crippen molar-refractivity contribution in [1.82, 2.24) is 15.0 Å². The van der Waals surface area contributed by atoms with Gasteiger partial charge in [-0.15, -0.1) is 0 Å². The molecule has 7 heteroatoms. The third-order valence-corrected chi connectivity index (χ3v) is 4.28. The molecular weight excluding hydrogens is 364 g/mol. The Kier molecular flexibility index (Phi) is 4.80. The number of anilines is 1. The highest BCUT2D eigenvalue weighted by Gasteiger charge is 2.07. The summed E-state index contributed by atoms with van der Waals surface area (Å²) in [5, 5.41) is 3.77. The van der Waals surface area contributed by atoms with Gasteiger partial charge in [0.1, 0.15) is 17.3 Å². The van der Waals surface area contributed by atoms with Gasteiger partial charge in [-0.2, -0.15) is 0 Å². The Hall–Kier alpha value is -3.25. The van der Waals surface area contributed by atoms with Gasteiger partial charge in [-0.1, -0.05) is 23.7 Å². The van der Waals surface area contributed by atoms with Gasteiger partial charge in [0, 0.05) is 24.0 Å². The number of methoxy groups -OCH3 is 1. The fourth-order valence-corrected chi connectivity index (χ4v) is 2.86. The molecule has 2 aromatic carbocycles. The number of para-hydroxylation sites is 2. The van der Waals surface area contributed by atoms with Crippen LogP contribution in [0.3, 0.4) is 0 Å². The van der Waals surface area contributed by atoms with Gasteiger partial charge in [-0.25, -0.2) is 9.97 Å². The van der Waals surface area contributed by atoms with Crippen LogP contribution < -0.4 is 14.8 Å². The van der Waals surface area contributed by atoms with Gasteiger partial charge < -0.3 is 19.8 Å². The number of fused-ring (bicyclic) bond motifs is 1. The van der Waals surface area contributed by atoms with E-state index in [1.165, 1.54) is 0 Å². The zero-order valence-electron chi connectivity index (χ0n) is 14.6. The SMILES string of the molecule is COc1ccc(Oc2cc(NCc3nc4ccccc4[nH]3)ccn2)c(Cl)c1. The average molecular weight is 381 g/mol. The summed E-state index contributed by atoms with van der Waals surface area (Å²) in [5.41, 5.74) is 2.83. The van der Waals surface area contributed by atoms with Crippen molar-refractivity contribution in [3.8, 4) is 17.4 Å². The van der Waals surface area contributed by atoms with Crippen molar-refractivity contribution in [3.63, 3.8) is 0 Å². The molecule has 0 spiro atoms. The molecule has 0 aliphatic heterocycles. The van der Waals surface area contributed by atoms with Crippen molar-refractivity contribution < 1.29 is 9.47 Å². The number of aromatic nitrogens is 3. The molecule has 4 aromatic rings. The van der Waals surface area contributed by atoms with Crippen LogP contribution >= 0.6 is 11.6 Å². The van der Waals surface area contributed by atoms with Gasteiger partial charge in [-0.3, -0.25) is 0 Å². The monoisotopic (exact) mass is 380 g/mol. The molecule has 0 saturated heterocycles. The van der Waals surface area contributed by atoms with Crippen LogP contribution in [0.4, 0.5) is 5.69 Å². The molecule has 6 nitrogen and oxygen atoms in total. The minimum absolute atomic E-state index is 0.441. The summed E-state index contributed by atoms with van der Waals surface area (Å²) in [7, 11) is 1.59. The Morgan fingerprint density at radius 1 is 1.11 bits per heavy atom. The van der Waals surface area contributed by atoms with Crippen molar-refractivity contribution in [2.75, 3.05) is 12.4 Å². The zero-order chi connectivity index (χ0) is 18.6. The second-order valence-corrected chi connectivity index (χ2v) is 6.24. The molecule has 2 heterocycles. The van der Waals surface area contributed by atoms with Crippen molar-refractivity contribution in [3.05, 3.63) is 71.6 Å². The maximum absolute atomic E-state index is 6.22. The number of aromatic amines is 1. The third kappa shape index (κ3) is 3.96. The highest BCUT2D eigenvalue weighted by molar-refractivity contribution is 6.32. The Morgan fingerprint density at radius 2 is 2.00 bits per heavy atom. The Morgan fingerprint density at radius 3 is 2.81 bits per heavy atom. The number of benzene rings is 2. The molecule has 2 aromatic heterocycles. The molecule has 4 rings (SSSR count). The second-order valence-electron chi connectivity index (χ2n) is 5.84. The summed E-state index contributed by atoms with van der Waals surface area (Å²) >= 11 is 6.22. The van der Waals surface area contributed by atoms with Gasteiger partial charge in [0.15, 0.2) is 0 Å². The topological polar surface area (TPSA) is 72.1 Å². The van der Waals surface area contributed by atoms with Crippen LogP contribution in [0.1, 0.15) is 5.82 Å². The van der Waals surface area contributed by atoms with Gasteiger partial charge >= 0.3 is 0 Å². The van der Waals surface area contributed by atoms with E-state index in [9.17, 15) is 0 Å². The van der Waals surface area contributed by atoms with Crippen LogP contribution in [0.25, 0.3) is 11.0 Å². The van der Waals surface area contributed by atoms with E-state index in [2.05, 4.69) is 20.3 Å². The molecule has 0 unspecified atom stereocenters. The fraction of sp³-hybridized carbons (Fsp3) is 0.100. The molecule has 0 atom stereocenters. The summed E-state index contributed by atoms with van der Waals surface area (Å²) in [6.07, 6.45) is 1.67. The van der Waals surface area contributed by atoms with E-state index in [0.717, 1.165) is 22.5 Å². The number of hydrogen-bond donors (Lipinski definition) is 2. The largest absolute Gasteiger partial charge is 0.497 e. The predicted octanol–water partition coefficient (Wildman–Crippen LogP) is 5.02. The van der Waals surface area contributed by atoms with E-state index in [-0.39, 0.29) is 0 Å². The number of nitrogens with zero attached hydrogens (tertiary/aromatic N) is 2. The van der Waals surface area contributed by atoms with Crippen molar-refractivity contribution >= 4 is 28.3 Å². The summed E-state index contributed by atoms with van der Waals surface area (Å²) in [4.78, 5) is 12.1. The summed E-state index contributed by atoms with van der Waals surface area (Å²) < 4.78 is 10.9. The molecule has 0 fully saturated rings. The number of nitrogens with one attached hydrogen (secondary N) is 2. The minimum atomic E-state index is 0.441. The van der Waals surface area contributed by atoms with Crippen LogP contribution in [-0.4, -0.2) is 22.1 Å². The standard InChI is InChI=1S/C20H17ClN4O2/c1-26-14-6-7-18(15(21)11-14)27-20-10-13(8-9-22-20)23-12-19-24-16-4-2-3-5-17(16)25-19/h2-11H,12H2,1H3,(H,22,23)(H,24,25). The molecule has 0 saturated carbocycles. The average Bonchev–Trinajstić information content (AvgIpc) is 3.11. The lowest BCUT2D eigenvalue weighted by molar-refractivity contribution is 0.412. The number of H-pyrrole nitrogens is 1. The quantitative estimate of drug-likeness (QED) is 0.491. The maximum atomic E-state index is 6.22. The first-order valence-corrected chi connectivity index (χ1v) is 8.74. The van der Waals surface area contributed by atoms with Gasteiger partial charge in [-0.05, 0) is 30.3 Å². The lowest BCUT2D eigenvalue weighted by atomic mass is 10.3. The van der Waals surface area contributed by atoms with Crippen molar-refractivity contribution in [2.45, 2.75) is 6.54 Å². The molecule has 2 N–H and O–H groups in total. The van der Waals surface area contributed by atoms with E-state index in [4.69, 9.17) is 21.1 Å². The van der Waals surface area contributed by atoms with Gasteiger partial charge in [0.2, 0.25) is 5.88 Å². The van der Waals surface area contributed by atoms with Gasteiger partial charge in [0.05, 0.1) is 29.7 Å². The third-order valence-electron chi connectivity index (χ3n) is 3.99. The Bertz CT molecular complexity index is 1050. The number of rotatable bonds is 6. The maximum Gasteiger partial charge on any atom is 0.221 e. The van der Waals surface area contributed by atoms with E-state index >= 15 is 0 Å². The number of ether oxygens (including phenoxy) is 2. The lowest BCUT2D eigenvalue weighted by Crippen LogP contribution is -2.01. The van der Waals surface area contributed by atoms with Crippen LogP contribution in [0.2, 0.25) is 5.02 Å². The summed E-state index contributed by atoms with van der Waals surface area (Å²) in [6.45, 7) is 0.557. The summed E-state index contributed by atoms with van der Waals surface area (Å²) in [6, 6.07) is 16.8. The minimum Gasteiger partial charge on any atom is -0.497 e. The first-order valence-electron chi connectivity index (χ1n) is 8.36. The number of imidazole rings is 1. The van der Waals surface area contributed by atoms with Crippen LogP contribution in [0, 0.1) is 0 Å². The number of halogens is 1. The Labute approximate surface area is 161 Å². The normalized spacial score (nSPS) is 10.7.